The zero-order chi connectivity index (χ0) is 10.7. The number of amidine groups is 1. The summed E-state index contributed by atoms with van der Waals surface area (Å²) < 4.78 is 5.72. The van der Waals surface area contributed by atoms with Crippen LogP contribution in [0.25, 0.3) is 0 Å². The number of rotatable bonds is 2. The molecule has 1 spiro atoms. The van der Waals surface area contributed by atoms with Gasteiger partial charge in [0.05, 0.1) is 6.54 Å². The van der Waals surface area contributed by atoms with Crippen molar-refractivity contribution in [1.29, 1.82) is 0 Å². The van der Waals surface area contributed by atoms with E-state index in [2.05, 4.69) is 11.9 Å². The normalized spacial score (nSPS) is 36.1. The Bertz CT molecular complexity index is 252. The van der Waals surface area contributed by atoms with Crippen molar-refractivity contribution in [3.63, 3.8) is 0 Å². The third kappa shape index (κ3) is 2.44. The molecule has 3 nitrogen and oxygen atoms in total. The highest BCUT2D eigenvalue weighted by atomic mass is 16.5. The zero-order valence-corrected chi connectivity index (χ0v) is 9.67. The minimum atomic E-state index is -0.0213. The van der Waals surface area contributed by atoms with E-state index in [0.717, 1.165) is 25.3 Å². The topological polar surface area (TPSA) is 47.6 Å². The maximum atomic E-state index is 5.72. The van der Waals surface area contributed by atoms with Gasteiger partial charge in [-0.15, -0.1) is 0 Å². The standard InChI is InChI=1S/C12H22N2O/c1-2-4-10-5-3-7-12(8-6-10)9-14-11(13)15-12/h10H,2-9H2,1H3,(H2,13,14). The SMILES string of the molecule is CCCC1CCCC2(CC1)CN=C(N)O2. The van der Waals surface area contributed by atoms with Gasteiger partial charge in [0.2, 0.25) is 0 Å². The minimum absolute atomic E-state index is 0.0213. The third-order valence-electron chi connectivity index (χ3n) is 3.79. The molecule has 0 aromatic rings. The fraction of sp³-hybridized carbons (Fsp3) is 0.917. The monoisotopic (exact) mass is 210 g/mol. The summed E-state index contributed by atoms with van der Waals surface area (Å²) in [7, 11) is 0. The van der Waals surface area contributed by atoms with Crippen molar-refractivity contribution in [2.45, 2.75) is 57.5 Å². The average molecular weight is 210 g/mol. The summed E-state index contributed by atoms with van der Waals surface area (Å²) in [6, 6.07) is 0.406. The molecule has 3 heteroatoms. The molecule has 2 unspecified atom stereocenters. The Morgan fingerprint density at radius 3 is 3.00 bits per heavy atom. The quantitative estimate of drug-likeness (QED) is 0.761. The van der Waals surface area contributed by atoms with Crippen LogP contribution in [0, 0.1) is 5.92 Å². The lowest BCUT2D eigenvalue weighted by molar-refractivity contribution is 0.0675. The van der Waals surface area contributed by atoms with Gasteiger partial charge in [-0.2, -0.15) is 0 Å². The van der Waals surface area contributed by atoms with E-state index in [0.29, 0.717) is 6.02 Å². The summed E-state index contributed by atoms with van der Waals surface area (Å²) >= 11 is 0. The highest BCUT2D eigenvalue weighted by Gasteiger charge is 2.38. The van der Waals surface area contributed by atoms with Crippen molar-refractivity contribution < 1.29 is 4.74 Å². The van der Waals surface area contributed by atoms with Crippen molar-refractivity contribution in [3.05, 3.63) is 0 Å². The van der Waals surface area contributed by atoms with Crippen LogP contribution in [-0.4, -0.2) is 18.2 Å². The Morgan fingerprint density at radius 2 is 2.33 bits per heavy atom. The molecule has 1 fully saturated rings. The first-order valence-electron chi connectivity index (χ1n) is 6.23. The molecule has 0 amide bonds. The van der Waals surface area contributed by atoms with E-state index in [1.807, 2.05) is 0 Å². The van der Waals surface area contributed by atoms with Crippen LogP contribution in [-0.2, 0) is 4.74 Å². The van der Waals surface area contributed by atoms with Crippen LogP contribution in [0.4, 0.5) is 0 Å². The van der Waals surface area contributed by atoms with E-state index in [9.17, 15) is 0 Å². The Kier molecular flexibility index (Phi) is 3.17. The number of nitrogens with two attached hydrogens (primary N) is 1. The van der Waals surface area contributed by atoms with Crippen molar-refractivity contribution in [3.8, 4) is 0 Å². The maximum Gasteiger partial charge on any atom is 0.282 e. The van der Waals surface area contributed by atoms with Crippen LogP contribution < -0.4 is 5.73 Å². The smallest absolute Gasteiger partial charge is 0.282 e. The molecule has 0 aromatic carbocycles. The molecule has 0 saturated heterocycles. The molecule has 1 saturated carbocycles. The van der Waals surface area contributed by atoms with E-state index >= 15 is 0 Å². The summed E-state index contributed by atoms with van der Waals surface area (Å²) in [5, 5.41) is 0. The molecule has 15 heavy (non-hydrogen) atoms. The number of hydrogen-bond acceptors (Lipinski definition) is 3. The van der Waals surface area contributed by atoms with Gasteiger partial charge < -0.3 is 10.5 Å². The van der Waals surface area contributed by atoms with E-state index in [1.165, 1.54) is 32.1 Å². The summed E-state index contributed by atoms with van der Waals surface area (Å²) in [6.45, 7) is 3.06. The molecule has 86 valence electrons. The van der Waals surface area contributed by atoms with Crippen LogP contribution in [0.1, 0.15) is 51.9 Å². The van der Waals surface area contributed by atoms with Crippen molar-refractivity contribution in [2.75, 3.05) is 6.54 Å². The van der Waals surface area contributed by atoms with Gasteiger partial charge in [0, 0.05) is 0 Å². The molecule has 0 aromatic heterocycles. The lowest BCUT2D eigenvalue weighted by Crippen LogP contribution is -2.34. The summed E-state index contributed by atoms with van der Waals surface area (Å²) in [5.74, 6) is 0.903. The van der Waals surface area contributed by atoms with Crippen molar-refractivity contribution in [1.82, 2.24) is 0 Å². The summed E-state index contributed by atoms with van der Waals surface area (Å²) in [4.78, 5) is 4.20. The Morgan fingerprint density at radius 1 is 1.47 bits per heavy atom. The second kappa shape index (κ2) is 4.42. The largest absolute Gasteiger partial charge is 0.457 e. The van der Waals surface area contributed by atoms with E-state index in [-0.39, 0.29) is 5.60 Å². The Labute approximate surface area is 92.1 Å². The molecule has 2 aliphatic rings. The Hall–Kier alpha value is -0.730. The van der Waals surface area contributed by atoms with Crippen LogP contribution in [0.15, 0.2) is 4.99 Å². The molecular formula is C12H22N2O. The van der Waals surface area contributed by atoms with Gasteiger partial charge in [0.1, 0.15) is 5.60 Å². The van der Waals surface area contributed by atoms with Crippen LogP contribution in [0.2, 0.25) is 0 Å². The van der Waals surface area contributed by atoms with Gasteiger partial charge in [-0.3, -0.25) is 0 Å². The molecule has 0 bridgehead atoms. The molecule has 0 radical (unpaired) electrons. The average Bonchev–Trinajstić information content (AvgIpc) is 2.45. The molecule has 2 atom stereocenters. The van der Waals surface area contributed by atoms with Crippen LogP contribution in [0.5, 0.6) is 0 Å². The molecule has 1 heterocycles. The highest BCUT2D eigenvalue weighted by molar-refractivity contribution is 5.73. The first-order chi connectivity index (χ1) is 7.24. The number of aliphatic imine (C=N–C) groups is 1. The Balaban J connectivity index is 1.90. The second-order valence-corrected chi connectivity index (χ2v) is 5.03. The minimum Gasteiger partial charge on any atom is -0.457 e. The molecule has 1 aliphatic carbocycles. The second-order valence-electron chi connectivity index (χ2n) is 5.03. The number of ether oxygens (including phenoxy) is 1. The van der Waals surface area contributed by atoms with Crippen molar-refractivity contribution >= 4 is 6.02 Å². The zero-order valence-electron chi connectivity index (χ0n) is 9.67. The number of nitrogens with zero attached hydrogens (tertiary/aromatic N) is 1. The van der Waals surface area contributed by atoms with Gasteiger partial charge in [-0.05, 0) is 31.6 Å². The van der Waals surface area contributed by atoms with Gasteiger partial charge >= 0.3 is 0 Å². The lowest BCUT2D eigenvalue weighted by atomic mass is 9.92. The highest BCUT2D eigenvalue weighted by Crippen LogP contribution is 2.36. The fourth-order valence-electron chi connectivity index (χ4n) is 2.91. The number of hydrogen-bond donors (Lipinski definition) is 1. The maximum absolute atomic E-state index is 5.72. The first kappa shape index (κ1) is 10.8. The third-order valence-corrected chi connectivity index (χ3v) is 3.79. The van der Waals surface area contributed by atoms with Gasteiger partial charge in [-0.1, -0.05) is 26.2 Å². The predicted octanol–water partition coefficient (Wildman–Crippen LogP) is 2.45. The summed E-state index contributed by atoms with van der Waals surface area (Å²) in [5.41, 5.74) is 5.59. The van der Waals surface area contributed by atoms with E-state index in [1.54, 1.807) is 0 Å². The van der Waals surface area contributed by atoms with Gasteiger partial charge in [-0.25, -0.2) is 4.99 Å². The molecule has 1 aliphatic heterocycles. The molecule has 2 rings (SSSR count). The first-order valence-corrected chi connectivity index (χ1v) is 6.23. The molecule has 2 N–H and O–H groups in total. The van der Waals surface area contributed by atoms with Crippen molar-refractivity contribution in [2.24, 2.45) is 16.6 Å². The molecular weight excluding hydrogens is 188 g/mol. The van der Waals surface area contributed by atoms with E-state index < -0.39 is 0 Å². The van der Waals surface area contributed by atoms with Crippen LogP contribution in [0.3, 0.4) is 0 Å². The fourth-order valence-corrected chi connectivity index (χ4v) is 2.91. The van der Waals surface area contributed by atoms with Gasteiger partial charge in [0.15, 0.2) is 0 Å². The lowest BCUT2D eigenvalue weighted by Gasteiger charge is -2.26. The predicted molar refractivity (Wildman–Crippen MR) is 61.8 cm³/mol. The van der Waals surface area contributed by atoms with E-state index in [4.69, 9.17) is 10.5 Å². The summed E-state index contributed by atoms with van der Waals surface area (Å²) in [6.07, 6.45) is 8.87. The van der Waals surface area contributed by atoms with Gasteiger partial charge in [0.25, 0.3) is 6.02 Å². The van der Waals surface area contributed by atoms with Crippen LogP contribution >= 0.6 is 0 Å².